The van der Waals surface area contributed by atoms with Crippen LogP contribution in [0.3, 0.4) is 0 Å². The maximum absolute atomic E-state index is 11.5. The summed E-state index contributed by atoms with van der Waals surface area (Å²) in [4.78, 5) is 11.5. The van der Waals surface area contributed by atoms with Gasteiger partial charge in [-0.1, -0.05) is 0 Å². The summed E-state index contributed by atoms with van der Waals surface area (Å²) < 4.78 is 5.51. The second-order valence-corrected chi connectivity index (χ2v) is 4.11. The zero-order chi connectivity index (χ0) is 11.1. The molecule has 4 nitrogen and oxygen atoms in total. The first kappa shape index (κ1) is 12.5. The lowest BCUT2D eigenvalue weighted by molar-refractivity contribution is -0.122. The van der Waals surface area contributed by atoms with E-state index in [1.807, 2.05) is 14.0 Å². The quantitative estimate of drug-likeness (QED) is 0.639. The molecule has 0 radical (unpaired) electrons. The summed E-state index contributed by atoms with van der Waals surface area (Å²) in [6, 6.07) is 0.148. The molecule has 1 heterocycles. The Kier molecular flexibility index (Phi) is 5.65. The van der Waals surface area contributed by atoms with Gasteiger partial charge >= 0.3 is 0 Å². The number of hydrogen-bond acceptors (Lipinski definition) is 3. The Balaban J connectivity index is 2.13. The highest BCUT2D eigenvalue weighted by atomic mass is 16.5. The molecule has 2 N–H and O–H groups in total. The van der Waals surface area contributed by atoms with Gasteiger partial charge in [0.2, 0.25) is 5.91 Å². The van der Waals surface area contributed by atoms with Crippen molar-refractivity contribution in [1.82, 2.24) is 10.6 Å². The first-order valence-corrected chi connectivity index (χ1v) is 5.79. The van der Waals surface area contributed by atoms with Crippen LogP contribution in [-0.4, -0.2) is 38.3 Å². The molecule has 4 heteroatoms. The van der Waals surface area contributed by atoms with Crippen molar-refractivity contribution in [2.75, 3.05) is 20.2 Å². The van der Waals surface area contributed by atoms with Crippen LogP contribution < -0.4 is 10.6 Å². The van der Waals surface area contributed by atoms with Crippen molar-refractivity contribution in [2.45, 2.75) is 44.8 Å². The van der Waals surface area contributed by atoms with E-state index in [-0.39, 0.29) is 18.1 Å². The van der Waals surface area contributed by atoms with Crippen molar-refractivity contribution >= 4 is 5.91 Å². The molecule has 0 aromatic rings. The summed E-state index contributed by atoms with van der Waals surface area (Å²) in [7, 11) is 1.90. The van der Waals surface area contributed by atoms with Crippen molar-refractivity contribution in [2.24, 2.45) is 0 Å². The van der Waals surface area contributed by atoms with Crippen LogP contribution in [0.15, 0.2) is 0 Å². The molecule has 0 aliphatic carbocycles. The Morgan fingerprint density at radius 2 is 2.40 bits per heavy atom. The van der Waals surface area contributed by atoms with E-state index < -0.39 is 0 Å². The molecule has 0 aromatic heterocycles. The molecule has 0 saturated carbocycles. The number of carbonyl (C=O) groups is 1. The molecule has 1 aliphatic heterocycles. The van der Waals surface area contributed by atoms with E-state index >= 15 is 0 Å². The second kappa shape index (κ2) is 6.80. The summed E-state index contributed by atoms with van der Waals surface area (Å²) in [6.45, 7) is 3.75. The van der Waals surface area contributed by atoms with Gasteiger partial charge in [-0.15, -0.1) is 0 Å². The fraction of sp³-hybridized carbons (Fsp3) is 0.909. The second-order valence-electron chi connectivity index (χ2n) is 4.11. The molecule has 15 heavy (non-hydrogen) atoms. The molecule has 1 rings (SSSR count). The number of carbonyl (C=O) groups excluding carboxylic acids is 1. The van der Waals surface area contributed by atoms with Gasteiger partial charge in [0.25, 0.3) is 0 Å². The molecular weight excluding hydrogens is 192 g/mol. The smallest absolute Gasteiger partial charge is 0.220 e. The minimum atomic E-state index is 0.133. The third-order valence-electron chi connectivity index (χ3n) is 2.74. The molecule has 1 amide bonds. The molecule has 0 bridgehead atoms. The highest BCUT2D eigenvalue weighted by Gasteiger charge is 2.23. The van der Waals surface area contributed by atoms with Crippen molar-refractivity contribution in [3.63, 3.8) is 0 Å². The molecule has 1 fully saturated rings. The van der Waals surface area contributed by atoms with Crippen molar-refractivity contribution < 1.29 is 9.53 Å². The summed E-state index contributed by atoms with van der Waals surface area (Å²) in [5.74, 6) is 0.133. The van der Waals surface area contributed by atoms with Gasteiger partial charge in [0, 0.05) is 13.0 Å². The Morgan fingerprint density at radius 1 is 1.60 bits per heavy atom. The van der Waals surface area contributed by atoms with Crippen LogP contribution in [0.25, 0.3) is 0 Å². The lowest BCUT2D eigenvalue weighted by Crippen LogP contribution is -2.40. The summed E-state index contributed by atoms with van der Waals surface area (Å²) in [6.07, 6.45) is 3.89. The normalized spacial score (nSPS) is 22.7. The Hall–Kier alpha value is -0.610. The van der Waals surface area contributed by atoms with E-state index in [0.29, 0.717) is 6.42 Å². The van der Waals surface area contributed by atoms with E-state index in [1.165, 1.54) is 0 Å². The van der Waals surface area contributed by atoms with Crippen LogP contribution >= 0.6 is 0 Å². The average molecular weight is 214 g/mol. The fourth-order valence-corrected chi connectivity index (χ4v) is 1.84. The first-order valence-electron chi connectivity index (χ1n) is 5.79. The summed E-state index contributed by atoms with van der Waals surface area (Å²) in [5, 5.41) is 6.02. The van der Waals surface area contributed by atoms with E-state index in [9.17, 15) is 4.79 Å². The van der Waals surface area contributed by atoms with Gasteiger partial charge in [-0.2, -0.15) is 0 Å². The molecule has 2 unspecified atom stereocenters. The van der Waals surface area contributed by atoms with Gasteiger partial charge in [-0.05, 0) is 39.8 Å². The van der Waals surface area contributed by atoms with E-state index in [0.717, 1.165) is 32.4 Å². The Labute approximate surface area is 91.8 Å². The van der Waals surface area contributed by atoms with Gasteiger partial charge in [0.1, 0.15) is 0 Å². The molecule has 1 aliphatic rings. The number of amides is 1. The fourth-order valence-electron chi connectivity index (χ4n) is 1.84. The monoisotopic (exact) mass is 214 g/mol. The van der Waals surface area contributed by atoms with Gasteiger partial charge in [0.15, 0.2) is 0 Å². The number of hydrogen-bond donors (Lipinski definition) is 2. The molecule has 0 aromatic carbocycles. The van der Waals surface area contributed by atoms with Crippen LogP contribution in [0, 0.1) is 0 Å². The van der Waals surface area contributed by atoms with Gasteiger partial charge in [0.05, 0.1) is 12.1 Å². The average Bonchev–Trinajstić information content (AvgIpc) is 2.70. The van der Waals surface area contributed by atoms with Gasteiger partial charge < -0.3 is 15.4 Å². The Bertz CT molecular complexity index is 191. The highest BCUT2D eigenvalue weighted by Crippen LogP contribution is 2.15. The van der Waals surface area contributed by atoms with Crippen LogP contribution in [0.1, 0.15) is 32.6 Å². The maximum Gasteiger partial charge on any atom is 0.220 e. The predicted molar refractivity (Wildman–Crippen MR) is 59.7 cm³/mol. The van der Waals surface area contributed by atoms with E-state index in [2.05, 4.69) is 10.6 Å². The number of rotatable bonds is 6. The van der Waals surface area contributed by atoms with Crippen LogP contribution in [0.2, 0.25) is 0 Å². The third kappa shape index (κ3) is 4.62. The van der Waals surface area contributed by atoms with Gasteiger partial charge in [-0.25, -0.2) is 0 Å². The number of nitrogens with one attached hydrogen (secondary N) is 2. The predicted octanol–water partition coefficient (Wildman–Crippen LogP) is 0.670. The summed E-state index contributed by atoms with van der Waals surface area (Å²) >= 11 is 0. The molecular formula is C11H22N2O2. The summed E-state index contributed by atoms with van der Waals surface area (Å²) in [5.41, 5.74) is 0. The van der Waals surface area contributed by atoms with Crippen LogP contribution in [-0.2, 0) is 9.53 Å². The first-order chi connectivity index (χ1) is 7.24. The topological polar surface area (TPSA) is 50.4 Å². The lowest BCUT2D eigenvalue weighted by Gasteiger charge is -2.19. The molecule has 88 valence electrons. The van der Waals surface area contributed by atoms with Gasteiger partial charge in [-0.3, -0.25) is 4.79 Å². The molecule has 2 atom stereocenters. The number of ether oxygens (including phenoxy) is 1. The molecule has 1 saturated heterocycles. The van der Waals surface area contributed by atoms with Crippen molar-refractivity contribution in [3.8, 4) is 0 Å². The standard InChI is InChI=1S/C11H22N2O2/c1-9(10-5-4-8-15-10)13-11(14)6-3-7-12-2/h9-10,12H,3-8H2,1-2H3,(H,13,14). The SMILES string of the molecule is CNCCCC(=O)NC(C)C1CCCO1. The zero-order valence-electron chi connectivity index (χ0n) is 9.71. The zero-order valence-corrected chi connectivity index (χ0v) is 9.71. The van der Waals surface area contributed by atoms with E-state index in [1.54, 1.807) is 0 Å². The van der Waals surface area contributed by atoms with Crippen molar-refractivity contribution in [1.29, 1.82) is 0 Å². The van der Waals surface area contributed by atoms with Crippen LogP contribution in [0.5, 0.6) is 0 Å². The maximum atomic E-state index is 11.5. The van der Waals surface area contributed by atoms with E-state index in [4.69, 9.17) is 4.74 Å². The minimum absolute atomic E-state index is 0.133. The highest BCUT2D eigenvalue weighted by molar-refractivity contribution is 5.76. The Morgan fingerprint density at radius 3 is 3.00 bits per heavy atom. The largest absolute Gasteiger partial charge is 0.376 e. The van der Waals surface area contributed by atoms with Crippen LogP contribution in [0.4, 0.5) is 0 Å². The third-order valence-corrected chi connectivity index (χ3v) is 2.74. The van der Waals surface area contributed by atoms with Crippen molar-refractivity contribution in [3.05, 3.63) is 0 Å². The molecule has 0 spiro atoms. The lowest BCUT2D eigenvalue weighted by atomic mass is 10.1. The minimum Gasteiger partial charge on any atom is -0.376 e.